The van der Waals surface area contributed by atoms with E-state index >= 15 is 0 Å². The molecule has 8 nitrogen and oxygen atoms in total. The van der Waals surface area contributed by atoms with Crippen molar-refractivity contribution in [1.29, 1.82) is 0 Å². The van der Waals surface area contributed by atoms with Crippen LogP contribution in [0.15, 0.2) is 46.1 Å². The van der Waals surface area contributed by atoms with Crippen molar-refractivity contribution in [3.63, 3.8) is 0 Å². The quantitative estimate of drug-likeness (QED) is 0.664. The lowest BCUT2D eigenvalue weighted by molar-refractivity contribution is 0.102. The maximum atomic E-state index is 12.4. The van der Waals surface area contributed by atoms with Crippen LogP contribution in [0, 0.1) is 0 Å². The van der Waals surface area contributed by atoms with Crippen LogP contribution in [0.25, 0.3) is 11.3 Å². The normalized spacial score (nSPS) is 13.2. The lowest BCUT2D eigenvalue weighted by Gasteiger charge is -2.11. The van der Waals surface area contributed by atoms with E-state index in [1.165, 1.54) is 0 Å². The van der Waals surface area contributed by atoms with Gasteiger partial charge >= 0.3 is 5.69 Å². The van der Waals surface area contributed by atoms with Gasteiger partial charge in [0.15, 0.2) is 0 Å². The second-order valence-corrected chi connectivity index (χ2v) is 6.19. The summed E-state index contributed by atoms with van der Waals surface area (Å²) in [6.07, 6.45) is 5.21. The Balaban J connectivity index is 1.68. The predicted molar refractivity (Wildman–Crippen MR) is 96.2 cm³/mol. The Bertz CT molecular complexity index is 1040. The Hall–Kier alpha value is -3.42. The summed E-state index contributed by atoms with van der Waals surface area (Å²) in [6.45, 7) is 0.949. The fourth-order valence-corrected chi connectivity index (χ4v) is 3.14. The van der Waals surface area contributed by atoms with Crippen LogP contribution < -0.4 is 16.6 Å². The summed E-state index contributed by atoms with van der Waals surface area (Å²) in [5.41, 5.74) is 0.686. The second kappa shape index (κ2) is 6.47. The van der Waals surface area contributed by atoms with Gasteiger partial charge in [0.2, 0.25) is 0 Å². The van der Waals surface area contributed by atoms with Gasteiger partial charge in [-0.2, -0.15) is 0 Å². The molecular weight excluding hydrogens is 334 g/mol. The van der Waals surface area contributed by atoms with Gasteiger partial charge in [-0.25, -0.2) is 9.78 Å². The number of carbonyl (C=O) groups is 1. The molecule has 0 radical (unpaired) electrons. The van der Waals surface area contributed by atoms with Gasteiger partial charge < -0.3 is 14.9 Å². The number of hydrogen-bond donors (Lipinski definition) is 3. The van der Waals surface area contributed by atoms with Crippen LogP contribution in [-0.2, 0) is 13.0 Å². The monoisotopic (exact) mass is 351 g/mol. The number of amides is 1. The zero-order valence-corrected chi connectivity index (χ0v) is 13.9. The third-order valence-electron chi connectivity index (χ3n) is 4.36. The van der Waals surface area contributed by atoms with Gasteiger partial charge in [0.1, 0.15) is 11.5 Å². The van der Waals surface area contributed by atoms with Gasteiger partial charge in [0.05, 0.1) is 11.4 Å². The first-order valence-corrected chi connectivity index (χ1v) is 8.40. The summed E-state index contributed by atoms with van der Waals surface area (Å²) >= 11 is 0. The summed E-state index contributed by atoms with van der Waals surface area (Å²) in [4.78, 5) is 44.2. The van der Waals surface area contributed by atoms with Crippen LogP contribution in [-0.4, -0.2) is 25.4 Å². The average Bonchev–Trinajstić information content (AvgIpc) is 3.05. The maximum Gasteiger partial charge on any atom is 0.326 e. The zero-order valence-electron chi connectivity index (χ0n) is 13.9. The lowest BCUT2D eigenvalue weighted by atomic mass is 10.1. The SMILES string of the molecule is O=C(Nc1ccccc1-c1cn2c(n1)CCCC2)c1cc(=O)[nH]c(=O)[nH]1. The minimum absolute atomic E-state index is 0.0994. The number of aromatic nitrogens is 4. The third-order valence-corrected chi connectivity index (χ3v) is 4.36. The highest BCUT2D eigenvalue weighted by atomic mass is 16.2. The number of nitrogens with one attached hydrogen (secondary N) is 3. The number of rotatable bonds is 3. The van der Waals surface area contributed by atoms with E-state index in [0.717, 1.165) is 49.0 Å². The largest absolute Gasteiger partial charge is 0.334 e. The first-order valence-electron chi connectivity index (χ1n) is 8.40. The molecule has 1 amide bonds. The molecule has 2 aromatic heterocycles. The molecule has 1 aliphatic heterocycles. The van der Waals surface area contributed by atoms with E-state index in [9.17, 15) is 14.4 Å². The van der Waals surface area contributed by atoms with Crippen LogP contribution in [0.2, 0.25) is 0 Å². The molecule has 0 aliphatic carbocycles. The molecule has 1 aliphatic rings. The molecular formula is C18H17N5O3. The van der Waals surface area contributed by atoms with Crippen LogP contribution in [0.4, 0.5) is 5.69 Å². The van der Waals surface area contributed by atoms with Gasteiger partial charge in [0.25, 0.3) is 11.5 Å². The predicted octanol–water partition coefficient (Wildman–Crippen LogP) is 1.52. The number of aromatic amines is 2. The Kier molecular flexibility index (Phi) is 4.00. The Morgan fingerprint density at radius 2 is 2.00 bits per heavy atom. The van der Waals surface area contributed by atoms with Gasteiger partial charge in [-0.1, -0.05) is 18.2 Å². The second-order valence-electron chi connectivity index (χ2n) is 6.19. The van der Waals surface area contributed by atoms with Crippen molar-refractivity contribution in [3.8, 4) is 11.3 Å². The number of anilines is 1. The first kappa shape index (κ1) is 16.1. The van der Waals surface area contributed by atoms with E-state index in [1.54, 1.807) is 12.1 Å². The Morgan fingerprint density at radius 1 is 1.15 bits per heavy atom. The number of carbonyl (C=O) groups excluding carboxylic acids is 1. The minimum atomic E-state index is -0.724. The van der Waals surface area contributed by atoms with E-state index in [2.05, 4.69) is 19.9 Å². The molecule has 0 atom stereocenters. The molecule has 3 N–H and O–H groups in total. The molecule has 8 heteroatoms. The van der Waals surface area contributed by atoms with Gasteiger partial charge in [-0.3, -0.25) is 14.6 Å². The zero-order chi connectivity index (χ0) is 18.1. The molecule has 26 heavy (non-hydrogen) atoms. The molecule has 1 aromatic carbocycles. The number of aryl methyl sites for hydroxylation is 2. The number of nitrogens with zero attached hydrogens (tertiary/aromatic N) is 2. The molecule has 0 saturated carbocycles. The number of benzene rings is 1. The summed E-state index contributed by atoms with van der Waals surface area (Å²) in [5.74, 6) is 0.482. The van der Waals surface area contributed by atoms with Gasteiger partial charge in [0, 0.05) is 30.8 Å². The number of para-hydroxylation sites is 1. The van der Waals surface area contributed by atoms with Crippen LogP contribution in [0.5, 0.6) is 0 Å². The molecule has 3 aromatic rings. The molecule has 4 rings (SSSR count). The highest BCUT2D eigenvalue weighted by molar-refractivity contribution is 6.04. The number of hydrogen-bond acceptors (Lipinski definition) is 4. The molecule has 132 valence electrons. The molecule has 0 bridgehead atoms. The van der Waals surface area contributed by atoms with Gasteiger partial charge in [-0.05, 0) is 18.9 Å². The first-order chi connectivity index (χ1) is 12.6. The van der Waals surface area contributed by atoms with Crippen molar-refractivity contribution in [2.75, 3.05) is 5.32 Å². The van der Waals surface area contributed by atoms with E-state index < -0.39 is 17.2 Å². The average molecular weight is 351 g/mol. The fraction of sp³-hybridized carbons (Fsp3) is 0.222. The van der Waals surface area contributed by atoms with Crippen LogP contribution >= 0.6 is 0 Å². The smallest absolute Gasteiger partial charge is 0.326 e. The van der Waals surface area contributed by atoms with Gasteiger partial charge in [-0.15, -0.1) is 0 Å². The van der Waals surface area contributed by atoms with E-state index in [1.807, 2.05) is 23.3 Å². The number of H-pyrrole nitrogens is 2. The van der Waals surface area contributed by atoms with Crippen LogP contribution in [0.1, 0.15) is 29.2 Å². The standard InChI is InChI=1S/C18H17N5O3/c24-16-9-13(21-18(26)22-16)17(25)20-12-6-2-1-5-11(12)14-10-23-8-4-3-7-15(23)19-14/h1-2,5-6,9-10H,3-4,7-8H2,(H,20,25)(H2,21,22,24,26). The van der Waals surface area contributed by atoms with Crippen molar-refractivity contribution in [2.24, 2.45) is 0 Å². The molecule has 3 heterocycles. The molecule has 0 unspecified atom stereocenters. The topological polar surface area (TPSA) is 113 Å². The molecule has 0 fully saturated rings. The number of imidazole rings is 1. The highest BCUT2D eigenvalue weighted by Crippen LogP contribution is 2.29. The van der Waals surface area contributed by atoms with Crippen molar-refractivity contribution in [2.45, 2.75) is 25.8 Å². The van der Waals surface area contributed by atoms with Crippen molar-refractivity contribution < 1.29 is 4.79 Å². The summed E-state index contributed by atoms with van der Waals surface area (Å²) in [5, 5.41) is 2.75. The third kappa shape index (κ3) is 3.08. The van der Waals surface area contributed by atoms with Crippen molar-refractivity contribution in [1.82, 2.24) is 19.5 Å². The molecule has 0 saturated heterocycles. The summed E-state index contributed by atoms with van der Waals surface area (Å²) in [7, 11) is 0. The van der Waals surface area contributed by atoms with E-state index in [-0.39, 0.29) is 5.69 Å². The number of fused-ring (bicyclic) bond motifs is 1. The Labute approximate surface area is 147 Å². The molecule has 0 spiro atoms. The van der Waals surface area contributed by atoms with Crippen molar-refractivity contribution >= 4 is 11.6 Å². The summed E-state index contributed by atoms with van der Waals surface area (Å²) < 4.78 is 2.14. The fourth-order valence-electron chi connectivity index (χ4n) is 3.14. The van der Waals surface area contributed by atoms with E-state index in [0.29, 0.717) is 5.69 Å². The minimum Gasteiger partial charge on any atom is -0.334 e. The summed E-state index contributed by atoms with van der Waals surface area (Å²) in [6, 6.07) is 8.37. The maximum absolute atomic E-state index is 12.4. The lowest BCUT2D eigenvalue weighted by Crippen LogP contribution is -2.27. The van der Waals surface area contributed by atoms with E-state index in [4.69, 9.17) is 0 Å². The van der Waals surface area contributed by atoms with Crippen LogP contribution in [0.3, 0.4) is 0 Å². The highest BCUT2D eigenvalue weighted by Gasteiger charge is 2.17. The van der Waals surface area contributed by atoms with Crippen molar-refractivity contribution in [3.05, 3.63) is 68.9 Å². The Morgan fingerprint density at radius 3 is 2.81 bits per heavy atom.